The number of benzene rings is 2. The smallest absolute Gasteiger partial charge is 0.255 e. The summed E-state index contributed by atoms with van der Waals surface area (Å²) in [5.74, 6) is -0.404. The SMILES string of the molecule is CN(C)S(=O)(=O)c1cc(C(=O)Nc2ccc(Sc3ncn[nH]3)cc2)ccc1Br. The predicted octanol–water partition coefficient (Wildman–Crippen LogP) is 3.22. The standard InChI is InChI=1S/C17H16BrN5O3S2/c1-23(2)28(25,26)15-9-11(3-8-14(15)18)16(24)21-12-4-6-13(7-5-12)27-17-19-10-20-22-17/h3-10H,1-2H3,(H,21,24)(H,19,20,22). The fraction of sp³-hybridized carbons (Fsp3) is 0.118. The van der Waals surface area contributed by atoms with Crippen molar-refractivity contribution in [3.8, 4) is 0 Å². The summed E-state index contributed by atoms with van der Waals surface area (Å²) in [6, 6.07) is 11.6. The largest absolute Gasteiger partial charge is 0.322 e. The number of hydrogen-bond donors (Lipinski definition) is 2. The van der Waals surface area contributed by atoms with E-state index in [0.29, 0.717) is 15.3 Å². The van der Waals surface area contributed by atoms with Crippen LogP contribution in [-0.2, 0) is 10.0 Å². The van der Waals surface area contributed by atoms with E-state index in [-0.39, 0.29) is 10.5 Å². The average molecular weight is 482 g/mol. The highest BCUT2D eigenvalue weighted by molar-refractivity contribution is 9.10. The van der Waals surface area contributed by atoms with Gasteiger partial charge in [0.25, 0.3) is 5.91 Å². The van der Waals surface area contributed by atoms with Crippen LogP contribution in [0, 0.1) is 0 Å². The van der Waals surface area contributed by atoms with Crippen LogP contribution in [0.1, 0.15) is 10.4 Å². The summed E-state index contributed by atoms with van der Waals surface area (Å²) in [4.78, 5) is 17.6. The van der Waals surface area contributed by atoms with Crippen LogP contribution in [0.2, 0.25) is 0 Å². The molecule has 28 heavy (non-hydrogen) atoms. The molecule has 8 nitrogen and oxygen atoms in total. The molecule has 1 aromatic heterocycles. The van der Waals surface area contributed by atoms with E-state index in [4.69, 9.17) is 0 Å². The van der Waals surface area contributed by atoms with Crippen LogP contribution < -0.4 is 5.32 Å². The van der Waals surface area contributed by atoms with Crippen molar-refractivity contribution in [1.29, 1.82) is 0 Å². The molecule has 0 aliphatic rings. The molecule has 0 bridgehead atoms. The monoisotopic (exact) mass is 481 g/mol. The fourth-order valence-electron chi connectivity index (χ4n) is 2.20. The number of nitrogens with one attached hydrogen (secondary N) is 2. The van der Waals surface area contributed by atoms with Gasteiger partial charge < -0.3 is 5.32 Å². The van der Waals surface area contributed by atoms with Crippen LogP contribution in [0.4, 0.5) is 5.69 Å². The molecule has 0 radical (unpaired) electrons. The van der Waals surface area contributed by atoms with Gasteiger partial charge in [0.05, 0.1) is 4.90 Å². The summed E-state index contributed by atoms with van der Waals surface area (Å²) < 4.78 is 26.3. The highest BCUT2D eigenvalue weighted by Crippen LogP contribution is 2.27. The van der Waals surface area contributed by atoms with Gasteiger partial charge in [-0.1, -0.05) is 11.8 Å². The number of anilines is 1. The molecule has 2 aromatic carbocycles. The van der Waals surface area contributed by atoms with Gasteiger partial charge in [0.15, 0.2) is 5.16 Å². The summed E-state index contributed by atoms with van der Waals surface area (Å²) in [6.45, 7) is 0. The summed E-state index contributed by atoms with van der Waals surface area (Å²) in [6.07, 6.45) is 1.43. The lowest BCUT2D eigenvalue weighted by Crippen LogP contribution is -2.23. The minimum atomic E-state index is -3.68. The Hall–Kier alpha value is -2.21. The molecule has 0 aliphatic heterocycles. The summed E-state index contributed by atoms with van der Waals surface area (Å²) in [5, 5.41) is 9.98. The number of nitrogens with zero attached hydrogens (tertiary/aromatic N) is 3. The Bertz CT molecular complexity index is 1080. The van der Waals surface area contributed by atoms with Gasteiger partial charge in [-0.05, 0) is 58.4 Å². The van der Waals surface area contributed by atoms with E-state index in [2.05, 4.69) is 36.4 Å². The first-order valence-electron chi connectivity index (χ1n) is 7.94. The maximum Gasteiger partial charge on any atom is 0.255 e. The van der Waals surface area contributed by atoms with E-state index >= 15 is 0 Å². The number of amides is 1. The Labute approximate surface area is 174 Å². The molecule has 3 rings (SSSR count). The van der Waals surface area contributed by atoms with E-state index in [0.717, 1.165) is 9.20 Å². The Kier molecular flexibility index (Phi) is 6.18. The second-order valence-corrected chi connectivity index (χ2v) is 9.84. The van der Waals surface area contributed by atoms with Gasteiger partial charge >= 0.3 is 0 Å². The normalized spacial score (nSPS) is 11.6. The number of carbonyl (C=O) groups excluding carboxylic acids is 1. The zero-order chi connectivity index (χ0) is 20.3. The van der Waals surface area contributed by atoms with Gasteiger partial charge in [-0.15, -0.1) is 0 Å². The quantitative estimate of drug-likeness (QED) is 0.559. The van der Waals surface area contributed by atoms with Crippen molar-refractivity contribution in [2.24, 2.45) is 0 Å². The molecule has 146 valence electrons. The van der Waals surface area contributed by atoms with Crippen LogP contribution in [-0.4, -0.2) is 47.9 Å². The molecule has 0 atom stereocenters. The second kappa shape index (κ2) is 8.43. The first-order chi connectivity index (χ1) is 13.3. The molecule has 0 saturated heterocycles. The Morgan fingerprint density at radius 2 is 1.89 bits per heavy atom. The zero-order valence-corrected chi connectivity index (χ0v) is 18.1. The van der Waals surface area contributed by atoms with Crippen molar-refractivity contribution < 1.29 is 13.2 Å². The lowest BCUT2D eigenvalue weighted by Gasteiger charge is -2.14. The number of rotatable bonds is 6. The van der Waals surface area contributed by atoms with Crippen molar-refractivity contribution in [3.63, 3.8) is 0 Å². The molecular weight excluding hydrogens is 466 g/mol. The number of H-pyrrole nitrogens is 1. The van der Waals surface area contributed by atoms with Gasteiger partial charge in [-0.25, -0.2) is 17.7 Å². The third-order valence-corrected chi connectivity index (χ3v) is 7.38. The van der Waals surface area contributed by atoms with Gasteiger partial charge in [0.1, 0.15) is 6.33 Å². The minimum Gasteiger partial charge on any atom is -0.322 e. The van der Waals surface area contributed by atoms with Crippen molar-refractivity contribution in [1.82, 2.24) is 19.5 Å². The van der Waals surface area contributed by atoms with E-state index in [9.17, 15) is 13.2 Å². The van der Waals surface area contributed by atoms with Gasteiger partial charge in [-0.3, -0.25) is 9.89 Å². The highest BCUT2D eigenvalue weighted by atomic mass is 79.9. The molecule has 0 aliphatic carbocycles. The van der Waals surface area contributed by atoms with Crippen LogP contribution in [0.5, 0.6) is 0 Å². The first kappa shape index (κ1) is 20.5. The molecule has 1 heterocycles. The molecular formula is C17H16BrN5O3S2. The van der Waals surface area contributed by atoms with Crippen LogP contribution in [0.25, 0.3) is 0 Å². The molecule has 11 heteroatoms. The summed E-state index contributed by atoms with van der Waals surface area (Å²) >= 11 is 4.64. The molecule has 3 aromatic rings. The number of hydrogen-bond acceptors (Lipinski definition) is 6. The predicted molar refractivity (Wildman–Crippen MR) is 110 cm³/mol. The Balaban J connectivity index is 1.76. The molecule has 2 N–H and O–H groups in total. The van der Waals surface area contributed by atoms with Gasteiger partial charge in [0, 0.05) is 34.7 Å². The lowest BCUT2D eigenvalue weighted by atomic mass is 10.2. The molecule has 1 amide bonds. The van der Waals surface area contributed by atoms with Crippen LogP contribution in [0.15, 0.2) is 68.2 Å². The fourth-order valence-corrected chi connectivity index (χ4v) is 4.74. The number of aromatic amines is 1. The van der Waals surface area contributed by atoms with E-state index < -0.39 is 15.9 Å². The first-order valence-corrected chi connectivity index (χ1v) is 11.0. The number of sulfonamides is 1. The zero-order valence-electron chi connectivity index (χ0n) is 14.9. The maximum atomic E-state index is 12.6. The van der Waals surface area contributed by atoms with Crippen LogP contribution >= 0.6 is 27.7 Å². The number of halogens is 1. The van der Waals surface area contributed by atoms with Crippen molar-refractivity contribution in [3.05, 3.63) is 58.8 Å². The Morgan fingerprint density at radius 1 is 1.18 bits per heavy atom. The van der Waals surface area contributed by atoms with Crippen molar-refractivity contribution in [2.75, 3.05) is 19.4 Å². The lowest BCUT2D eigenvalue weighted by molar-refractivity contribution is 0.102. The van der Waals surface area contributed by atoms with E-state index in [1.54, 1.807) is 24.3 Å². The third-order valence-electron chi connectivity index (χ3n) is 3.67. The van der Waals surface area contributed by atoms with Crippen LogP contribution in [0.3, 0.4) is 0 Å². The molecule has 0 saturated carbocycles. The average Bonchev–Trinajstić information content (AvgIpc) is 3.16. The van der Waals surface area contributed by atoms with Gasteiger partial charge in [0.2, 0.25) is 10.0 Å². The summed E-state index contributed by atoms with van der Waals surface area (Å²) in [7, 11) is -0.803. The van der Waals surface area contributed by atoms with Crippen molar-refractivity contribution in [2.45, 2.75) is 14.9 Å². The molecule has 0 fully saturated rings. The summed E-state index contributed by atoms with van der Waals surface area (Å²) in [5.41, 5.74) is 0.829. The highest BCUT2D eigenvalue weighted by Gasteiger charge is 2.22. The van der Waals surface area contributed by atoms with Crippen molar-refractivity contribution >= 4 is 49.3 Å². The molecule has 0 unspecified atom stereocenters. The van der Waals surface area contributed by atoms with Gasteiger partial charge in [-0.2, -0.15) is 5.10 Å². The van der Waals surface area contributed by atoms with E-state index in [1.165, 1.54) is 38.3 Å². The second-order valence-electron chi connectivity index (χ2n) is 5.80. The topological polar surface area (TPSA) is 108 Å². The number of aromatic nitrogens is 3. The third kappa shape index (κ3) is 4.61. The van der Waals surface area contributed by atoms with E-state index in [1.807, 2.05) is 12.1 Å². The number of carbonyl (C=O) groups is 1. The minimum absolute atomic E-state index is 0.0314. The molecule has 0 spiro atoms. The Morgan fingerprint density at radius 3 is 2.50 bits per heavy atom. The maximum absolute atomic E-state index is 12.6.